The molecular formula is C11H15NO3. The molecule has 82 valence electrons. The minimum atomic E-state index is -0.523. The maximum atomic E-state index is 11.8. The van der Waals surface area contributed by atoms with E-state index >= 15 is 0 Å². The van der Waals surface area contributed by atoms with Crippen LogP contribution in [0.4, 0.5) is 5.69 Å². The van der Waals surface area contributed by atoms with Crippen LogP contribution >= 0.6 is 0 Å². The zero-order valence-corrected chi connectivity index (χ0v) is 9.14. The monoisotopic (exact) mass is 209 g/mol. The van der Waals surface area contributed by atoms with Gasteiger partial charge in [-0.1, -0.05) is 18.2 Å². The number of carbonyl (C=O) groups excluding carboxylic acids is 1. The first-order chi connectivity index (χ1) is 7.20. The topological polar surface area (TPSA) is 38.8 Å². The number of rotatable bonds is 4. The lowest BCUT2D eigenvalue weighted by Crippen LogP contribution is -2.38. The Bertz CT molecular complexity index is 313. The minimum Gasteiger partial charge on any atom is -0.372 e. The number of amides is 1. The van der Waals surface area contributed by atoms with Gasteiger partial charge >= 0.3 is 0 Å². The summed E-state index contributed by atoms with van der Waals surface area (Å²) in [6.45, 7) is 1.68. The number of ether oxygens (including phenoxy) is 1. The normalized spacial score (nSPS) is 12.2. The van der Waals surface area contributed by atoms with E-state index in [-0.39, 0.29) is 5.91 Å². The van der Waals surface area contributed by atoms with Crippen molar-refractivity contribution in [3.05, 3.63) is 30.3 Å². The molecule has 0 aliphatic rings. The lowest BCUT2D eigenvalue weighted by atomic mass is 10.3. The Morgan fingerprint density at radius 3 is 2.33 bits per heavy atom. The highest BCUT2D eigenvalue weighted by molar-refractivity contribution is 5.94. The molecule has 0 bridgehead atoms. The Kier molecular flexibility index (Phi) is 4.27. The second-order valence-corrected chi connectivity index (χ2v) is 3.03. The highest BCUT2D eigenvalue weighted by Crippen LogP contribution is 2.14. The van der Waals surface area contributed by atoms with E-state index in [1.165, 1.54) is 19.3 Å². The molecule has 1 aromatic carbocycles. The van der Waals surface area contributed by atoms with Crippen LogP contribution in [0.5, 0.6) is 0 Å². The van der Waals surface area contributed by atoms with Crippen molar-refractivity contribution in [1.82, 2.24) is 0 Å². The first kappa shape index (κ1) is 11.7. The van der Waals surface area contributed by atoms with E-state index in [9.17, 15) is 4.79 Å². The van der Waals surface area contributed by atoms with Crippen LogP contribution in [0.3, 0.4) is 0 Å². The summed E-state index contributed by atoms with van der Waals surface area (Å²) in [7, 11) is 2.94. The standard InChI is InChI=1S/C11H15NO3/c1-9(14-2)11(13)12(15-3)10-7-5-4-6-8-10/h4-9H,1-3H3. The number of hydrogen-bond acceptors (Lipinski definition) is 3. The molecule has 1 aromatic rings. The molecule has 0 saturated heterocycles. The van der Waals surface area contributed by atoms with Gasteiger partial charge in [0.2, 0.25) is 0 Å². The third-order valence-electron chi connectivity index (χ3n) is 2.07. The van der Waals surface area contributed by atoms with E-state index in [1.807, 2.05) is 18.2 Å². The van der Waals surface area contributed by atoms with E-state index in [0.29, 0.717) is 5.69 Å². The van der Waals surface area contributed by atoms with Crippen molar-refractivity contribution < 1.29 is 14.4 Å². The Hall–Kier alpha value is -1.39. The van der Waals surface area contributed by atoms with Gasteiger partial charge in [0, 0.05) is 7.11 Å². The Labute approximate surface area is 89.4 Å². The number of hydrogen-bond donors (Lipinski definition) is 0. The summed E-state index contributed by atoms with van der Waals surface area (Å²) in [6.07, 6.45) is -0.523. The maximum Gasteiger partial charge on any atom is 0.279 e. The van der Waals surface area contributed by atoms with Gasteiger partial charge in [-0.15, -0.1) is 0 Å². The smallest absolute Gasteiger partial charge is 0.279 e. The lowest BCUT2D eigenvalue weighted by molar-refractivity contribution is -0.133. The van der Waals surface area contributed by atoms with Crippen molar-refractivity contribution in [2.75, 3.05) is 19.3 Å². The SMILES string of the molecule is COC(C)C(=O)N(OC)c1ccccc1. The van der Waals surface area contributed by atoms with Crippen molar-refractivity contribution in [2.45, 2.75) is 13.0 Å². The highest BCUT2D eigenvalue weighted by atomic mass is 16.7. The number of nitrogens with zero attached hydrogens (tertiary/aromatic N) is 1. The van der Waals surface area contributed by atoms with Crippen molar-refractivity contribution >= 4 is 11.6 Å². The van der Waals surface area contributed by atoms with Crippen LogP contribution in [-0.2, 0) is 14.4 Å². The van der Waals surface area contributed by atoms with Gasteiger partial charge in [0.05, 0.1) is 12.8 Å². The zero-order valence-electron chi connectivity index (χ0n) is 9.14. The Balaban J connectivity index is 2.85. The van der Waals surface area contributed by atoms with Gasteiger partial charge in [0.25, 0.3) is 5.91 Å². The predicted octanol–water partition coefficient (Wildman–Crippen LogP) is 1.62. The molecule has 4 nitrogen and oxygen atoms in total. The lowest BCUT2D eigenvalue weighted by Gasteiger charge is -2.22. The maximum absolute atomic E-state index is 11.8. The molecule has 0 saturated carbocycles. The summed E-state index contributed by atoms with van der Waals surface area (Å²) in [6, 6.07) is 9.15. The number of benzene rings is 1. The highest BCUT2D eigenvalue weighted by Gasteiger charge is 2.21. The van der Waals surface area contributed by atoms with E-state index in [1.54, 1.807) is 19.1 Å². The molecule has 0 fully saturated rings. The van der Waals surface area contributed by atoms with Crippen LogP contribution in [0.1, 0.15) is 6.92 Å². The molecule has 0 heterocycles. The molecule has 0 aromatic heterocycles. The number of para-hydroxylation sites is 1. The van der Waals surface area contributed by atoms with E-state index in [0.717, 1.165) is 0 Å². The van der Waals surface area contributed by atoms with Gasteiger partial charge in [-0.05, 0) is 19.1 Å². The molecule has 4 heteroatoms. The summed E-state index contributed by atoms with van der Waals surface area (Å²) < 4.78 is 4.95. The predicted molar refractivity (Wildman–Crippen MR) is 57.4 cm³/mol. The summed E-state index contributed by atoms with van der Waals surface area (Å²) >= 11 is 0. The first-order valence-corrected chi connectivity index (χ1v) is 4.66. The van der Waals surface area contributed by atoms with Crippen LogP contribution in [0.25, 0.3) is 0 Å². The molecule has 0 radical (unpaired) electrons. The van der Waals surface area contributed by atoms with Gasteiger partial charge in [-0.3, -0.25) is 9.63 Å². The largest absolute Gasteiger partial charge is 0.372 e. The average molecular weight is 209 g/mol. The Morgan fingerprint density at radius 1 is 1.27 bits per heavy atom. The molecule has 0 N–H and O–H groups in total. The van der Waals surface area contributed by atoms with Gasteiger partial charge in [0.1, 0.15) is 6.10 Å². The summed E-state index contributed by atoms with van der Waals surface area (Å²) in [4.78, 5) is 16.8. The minimum absolute atomic E-state index is 0.230. The van der Waals surface area contributed by atoms with Gasteiger partial charge in [0.15, 0.2) is 0 Å². The summed E-state index contributed by atoms with van der Waals surface area (Å²) in [5.41, 5.74) is 0.689. The van der Waals surface area contributed by atoms with Crippen LogP contribution in [0.15, 0.2) is 30.3 Å². The van der Waals surface area contributed by atoms with E-state index in [2.05, 4.69) is 0 Å². The third-order valence-corrected chi connectivity index (χ3v) is 2.07. The number of anilines is 1. The van der Waals surface area contributed by atoms with Crippen molar-refractivity contribution in [3.63, 3.8) is 0 Å². The van der Waals surface area contributed by atoms with Gasteiger partial charge in [-0.2, -0.15) is 5.06 Å². The van der Waals surface area contributed by atoms with Crippen LogP contribution < -0.4 is 5.06 Å². The molecule has 1 atom stereocenters. The van der Waals surface area contributed by atoms with Crippen LogP contribution in [-0.4, -0.2) is 26.2 Å². The quantitative estimate of drug-likeness (QED) is 0.707. The van der Waals surface area contributed by atoms with Crippen molar-refractivity contribution in [2.24, 2.45) is 0 Å². The number of hydroxylamine groups is 1. The second kappa shape index (κ2) is 5.48. The molecule has 1 unspecified atom stereocenters. The molecular weight excluding hydrogens is 194 g/mol. The second-order valence-electron chi connectivity index (χ2n) is 3.03. The van der Waals surface area contributed by atoms with Gasteiger partial charge < -0.3 is 4.74 Å². The third kappa shape index (κ3) is 2.78. The number of carbonyl (C=O) groups is 1. The first-order valence-electron chi connectivity index (χ1n) is 4.66. The molecule has 1 amide bonds. The fourth-order valence-electron chi connectivity index (χ4n) is 1.15. The Morgan fingerprint density at radius 2 is 1.87 bits per heavy atom. The molecule has 0 spiro atoms. The van der Waals surface area contributed by atoms with E-state index < -0.39 is 6.10 Å². The molecule has 1 rings (SSSR count). The zero-order chi connectivity index (χ0) is 11.3. The van der Waals surface area contributed by atoms with Crippen LogP contribution in [0.2, 0.25) is 0 Å². The van der Waals surface area contributed by atoms with E-state index in [4.69, 9.17) is 9.57 Å². The number of methoxy groups -OCH3 is 1. The van der Waals surface area contributed by atoms with Gasteiger partial charge in [-0.25, -0.2) is 0 Å². The summed E-state index contributed by atoms with van der Waals surface area (Å²) in [5.74, 6) is -0.230. The van der Waals surface area contributed by atoms with Crippen molar-refractivity contribution in [3.8, 4) is 0 Å². The fourth-order valence-corrected chi connectivity index (χ4v) is 1.15. The molecule has 15 heavy (non-hydrogen) atoms. The van der Waals surface area contributed by atoms with Crippen LogP contribution in [0, 0.1) is 0 Å². The molecule has 0 aliphatic carbocycles. The van der Waals surface area contributed by atoms with Crippen molar-refractivity contribution in [1.29, 1.82) is 0 Å². The molecule has 0 aliphatic heterocycles. The summed E-state index contributed by atoms with van der Waals surface area (Å²) in [5, 5.41) is 1.22. The average Bonchev–Trinajstić information content (AvgIpc) is 2.30. The fraction of sp³-hybridized carbons (Fsp3) is 0.364.